The third-order valence-electron chi connectivity index (χ3n) is 9.96. The molecule has 2 aromatic heterocycles. The number of rotatable bonds is 7. The van der Waals surface area contributed by atoms with E-state index in [2.05, 4.69) is 160 Å². The molecule has 5 nitrogen and oxygen atoms in total. The summed E-state index contributed by atoms with van der Waals surface area (Å²) in [5, 5.41) is 1.13. The Balaban J connectivity index is 0.000000203. The number of para-hydroxylation sites is 7. The fourth-order valence-corrected chi connectivity index (χ4v) is 7.26. The molecule has 1 aliphatic heterocycles. The second-order valence-corrected chi connectivity index (χ2v) is 15.0. The van der Waals surface area contributed by atoms with Crippen molar-refractivity contribution in [1.82, 2.24) is 15.0 Å². The van der Waals surface area contributed by atoms with Gasteiger partial charge in [0.1, 0.15) is 0 Å². The predicted molar refractivity (Wildman–Crippen MR) is 220 cm³/mol. The van der Waals surface area contributed by atoms with Gasteiger partial charge >= 0.3 is 17.1 Å². The van der Waals surface area contributed by atoms with Crippen LogP contribution in [0.15, 0.2) is 121 Å². The van der Waals surface area contributed by atoms with E-state index in [1.807, 2.05) is 48.5 Å². The van der Waals surface area contributed by atoms with Crippen LogP contribution in [0, 0.1) is 6.67 Å². The summed E-state index contributed by atoms with van der Waals surface area (Å²) < 4.78 is 0. The summed E-state index contributed by atoms with van der Waals surface area (Å²) in [6.07, 6.45) is 0. The minimum absolute atomic E-state index is 0. The average molecular weight is 747 g/mol. The first kappa shape index (κ1) is 37.8. The topological polar surface area (TPSA) is 46.4 Å². The van der Waals surface area contributed by atoms with Gasteiger partial charge in [0.05, 0.1) is 11.2 Å². The largest absolute Gasteiger partial charge is 2.00 e. The summed E-state index contributed by atoms with van der Waals surface area (Å²) in [5.74, 6) is 2.47. The molecule has 1 radical (unpaired) electrons. The summed E-state index contributed by atoms with van der Waals surface area (Å²) in [6, 6.07) is 42.4. The molecule has 0 atom stereocenters. The first-order valence-corrected chi connectivity index (χ1v) is 18.7. The van der Waals surface area contributed by atoms with Gasteiger partial charge in [-0.2, -0.15) is 0 Å². The molecule has 6 heteroatoms. The number of fused-ring (bicyclic) bond motifs is 3. The molecule has 0 saturated carbocycles. The van der Waals surface area contributed by atoms with Crippen LogP contribution in [0.5, 0.6) is 0 Å². The minimum atomic E-state index is 0. The SMILES string of the molecule is CC(C)c1cccc(C(C)C)c1N1[CH-]N(c2c(C(C)C)cccc2C(C)C)c2ccccc21.[Cu+2].c1ccc2nc(-c3nc4ccccc4[n-]3)ccc2c1. The summed E-state index contributed by atoms with van der Waals surface area (Å²) in [7, 11) is 0. The number of nitrogens with zero attached hydrogens (tertiary/aromatic N) is 5. The Kier molecular flexibility index (Phi) is 11.4. The van der Waals surface area contributed by atoms with Crippen molar-refractivity contribution >= 4 is 44.7 Å². The van der Waals surface area contributed by atoms with Gasteiger partial charge in [0.2, 0.25) is 0 Å². The van der Waals surface area contributed by atoms with Crippen molar-refractivity contribution in [2.45, 2.75) is 79.1 Å². The van der Waals surface area contributed by atoms with E-state index in [4.69, 9.17) is 0 Å². The first-order chi connectivity index (χ1) is 25.1. The smallest absolute Gasteiger partial charge is 0.473 e. The Morgan fingerprint density at radius 2 is 0.925 bits per heavy atom. The maximum absolute atomic E-state index is 4.62. The van der Waals surface area contributed by atoms with Crippen LogP contribution in [0.1, 0.15) is 101 Å². The molecule has 5 aromatic carbocycles. The summed E-state index contributed by atoms with van der Waals surface area (Å²) in [6.45, 7) is 20.7. The summed E-state index contributed by atoms with van der Waals surface area (Å²) in [5.41, 5.74) is 14.4. The van der Waals surface area contributed by atoms with Gasteiger partial charge in [-0.05, 0) is 87.0 Å². The quantitative estimate of drug-likeness (QED) is 0.120. The predicted octanol–water partition coefficient (Wildman–Crippen LogP) is 13.0. The first-order valence-electron chi connectivity index (χ1n) is 18.7. The molecule has 0 aliphatic carbocycles. The van der Waals surface area contributed by atoms with E-state index in [1.54, 1.807) is 0 Å². The molecular weight excluding hydrogens is 698 g/mol. The third-order valence-corrected chi connectivity index (χ3v) is 9.96. The monoisotopic (exact) mass is 746 g/mol. The van der Waals surface area contributed by atoms with Crippen LogP contribution in [-0.2, 0) is 17.1 Å². The second kappa shape index (κ2) is 16.0. The van der Waals surface area contributed by atoms with Gasteiger partial charge in [-0.1, -0.05) is 152 Å². The summed E-state index contributed by atoms with van der Waals surface area (Å²) in [4.78, 5) is 18.5. The minimum Gasteiger partial charge on any atom is -0.473 e. The molecule has 0 unspecified atom stereocenters. The van der Waals surface area contributed by atoms with Crippen molar-refractivity contribution in [3.8, 4) is 11.5 Å². The number of imidazole rings is 1. The zero-order valence-electron chi connectivity index (χ0n) is 32.0. The fraction of sp³-hybridized carbons (Fsp3) is 0.255. The average Bonchev–Trinajstić information content (AvgIpc) is 3.76. The van der Waals surface area contributed by atoms with E-state index in [9.17, 15) is 0 Å². The number of hydrogen-bond donors (Lipinski definition) is 0. The molecular formula is C47H49CuN5. The van der Waals surface area contributed by atoms with E-state index in [-0.39, 0.29) is 17.1 Å². The molecule has 0 fully saturated rings. The molecule has 273 valence electrons. The Bertz CT molecular complexity index is 2160. The van der Waals surface area contributed by atoms with E-state index in [0.29, 0.717) is 29.5 Å². The molecule has 1 aliphatic rings. The second-order valence-electron chi connectivity index (χ2n) is 15.0. The van der Waals surface area contributed by atoms with Crippen LogP contribution >= 0.6 is 0 Å². The van der Waals surface area contributed by atoms with E-state index < -0.39 is 0 Å². The van der Waals surface area contributed by atoms with E-state index in [1.165, 1.54) is 45.0 Å². The Morgan fingerprint density at radius 3 is 1.42 bits per heavy atom. The van der Waals surface area contributed by atoms with Crippen LogP contribution in [-0.4, -0.2) is 9.97 Å². The summed E-state index contributed by atoms with van der Waals surface area (Å²) >= 11 is 0. The van der Waals surface area contributed by atoms with E-state index in [0.717, 1.165) is 27.6 Å². The zero-order chi connectivity index (χ0) is 36.5. The van der Waals surface area contributed by atoms with Gasteiger partial charge in [0.25, 0.3) is 0 Å². The van der Waals surface area contributed by atoms with Crippen molar-refractivity contribution in [1.29, 1.82) is 0 Å². The number of aromatic nitrogens is 3. The molecule has 0 saturated heterocycles. The maximum atomic E-state index is 4.62. The van der Waals surface area contributed by atoms with Crippen LogP contribution in [0.25, 0.3) is 33.5 Å². The molecule has 7 aromatic rings. The van der Waals surface area contributed by atoms with Crippen LogP contribution in [0.3, 0.4) is 0 Å². The Labute approximate surface area is 326 Å². The normalized spacial score (nSPS) is 12.5. The van der Waals surface area contributed by atoms with Crippen LogP contribution < -0.4 is 14.8 Å². The standard InChI is InChI=1S/C31H39N2.C16H10N3.Cu/c1-20(2)24-13-11-14-25(21(3)4)30(24)32-19-33(29-18-10-9-17-28(29)32)31-26(22(5)6)15-12-16-27(31)23(7)8;1-2-6-12-11(5-1)9-10-15(17-12)16-18-13-7-3-4-8-14(13)19-16;/h9-23H,1-8H3;1-10H;/q2*-1;+2. The molecule has 0 amide bonds. The van der Waals surface area contributed by atoms with Crippen molar-refractivity contribution in [3.05, 3.63) is 150 Å². The van der Waals surface area contributed by atoms with Crippen LogP contribution in [0.2, 0.25) is 0 Å². The van der Waals surface area contributed by atoms with Crippen molar-refractivity contribution in [2.24, 2.45) is 0 Å². The van der Waals surface area contributed by atoms with Gasteiger partial charge in [-0.15, -0.1) is 6.67 Å². The molecule has 0 spiro atoms. The van der Waals surface area contributed by atoms with Crippen molar-refractivity contribution in [2.75, 3.05) is 9.80 Å². The van der Waals surface area contributed by atoms with Gasteiger partial charge in [-0.25, -0.2) is 4.98 Å². The zero-order valence-corrected chi connectivity index (χ0v) is 32.9. The van der Waals surface area contributed by atoms with Gasteiger partial charge in [0.15, 0.2) is 0 Å². The number of pyridine rings is 1. The van der Waals surface area contributed by atoms with Gasteiger partial charge < -0.3 is 19.8 Å². The molecule has 3 heterocycles. The maximum Gasteiger partial charge on any atom is 2.00 e. The number of benzene rings is 5. The van der Waals surface area contributed by atoms with Crippen molar-refractivity contribution < 1.29 is 17.1 Å². The Morgan fingerprint density at radius 1 is 0.472 bits per heavy atom. The number of hydrogen-bond acceptors (Lipinski definition) is 4. The molecule has 53 heavy (non-hydrogen) atoms. The van der Waals surface area contributed by atoms with Gasteiger partial charge in [0, 0.05) is 28.1 Å². The third kappa shape index (κ3) is 7.49. The molecule has 0 bridgehead atoms. The van der Waals surface area contributed by atoms with Crippen molar-refractivity contribution in [3.63, 3.8) is 0 Å². The fourth-order valence-electron chi connectivity index (χ4n) is 7.26. The molecule has 0 N–H and O–H groups in total. The Hall–Kier alpha value is -4.90. The number of anilines is 4. The van der Waals surface area contributed by atoms with E-state index >= 15 is 0 Å². The van der Waals surface area contributed by atoms with Crippen LogP contribution in [0.4, 0.5) is 22.7 Å². The molecule has 8 rings (SSSR count). The van der Waals surface area contributed by atoms with Gasteiger partial charge in [-0.3, -0.25) is 0 Å².